The maximum absolute atomic E-state index is 12.8. The number of benzene rings is 1. The Hall–Kier alpha value is -1.98. The van der Waals surface area contributed by atoms with E-state index in [1.807, 2.05) is 0 Å². The smallest absolute Gasteiger partial charge is 0.418 e. The Labute approximate surface area is 102 Å². The van der Waals surface area contributed by atoms with Crippen LogP contribution in [-0.2, 0) is 11.0 Å². The van der Waals surface area contributed by atoms with Gasteiger partial charge in [0.1, 0.15) is 0 Å². The molecule has 0 unspecified atom stereocenters. The van der Waals surface area contributed by atoms with E-state index in [0.717, 1.165) is 18.2 Å². The third kappa shape index (κ3) is 3.51. The molecule has 1 aromatic rings. The molecule has 0 aromatic heterocycles. The molecule has 0 heterocycles. The van der Waals surface area contributed by atoms with Crippen molar-refractivity contribution in [3.05, 3.63) is 35.4 Å². The standard InChI is InChI=1S/C12H12F3NO2/c1-16(2)10-5-3-8(4-6-11(17)18)7-9(10)12(13,14)15/h3-7H,1-2H3,(H,17,18). The zero-order valence-corrected chi connectivity index (χ0v) is 9.82. The molecule has 1 rings (SSSR count). The molecule has 1 aromatic carbocycles. The first kappa shape index (κ1) is 14.1. The number of nitrogens with zero attached hydrogens (tertiary/aromatic N) is 1. The van der Waals surface area contributed by atoms with E-state index >= 15 is 0 Å². The van der Waals surface area contributed by atoms with Gasteiger partial charge in [-0.15, -0.1) is 0 Å². The number of halogens is 3. The van der Waals surface area contributed by atoms with E-state index in [2.05, 4.69) is 0 Å². The van der Waals surface area contributed by atoms with Crippen LogP contribution in [-0.4, -0.2) is 25.2 Å². The zero-order valence-electron chi connectivity index (χ0n) is 9.82. The molecule has 0 atom stereocenters. The molecule has 6 heteroatoms. The van der Waals surface area contributed by atoms with Crippen molar-refractivity contribution >= 4 is 17.7 Å². The van der Waals surface area contributed by atoms with Crippen LogP contribution in [0.5, 0.6) is 0 Å². The van der Waals surface area contributed by atoms with Crippen molar-refractivity contribution in [3.63, 3.8) is 0 Å². The fraction of sp³-hybridized carbons (Fsp3) is 0.250. The van der Waals surface area contributed by atoms with Crippen molar-refractivity contribution in [1.82, 2.24) is 0 Å². The van der Waals surface area contributed by atoms with Gasteiger partial charge in [0, 0.05) is 25.9 Å². The summed E-state index contributed by atoms with van der Waals surface area (Å²) in [7, 11) is 3.02. The Morgan fingerprint density at radius 3 is 2.39 bits per heavy atom. The highest BCUT2D eigenvalue weighted by atomic mass is 19.4. The highest BCUT2D eigenvalue weighted by Crippen LogP contribution is 2.36. The second-order valence-corrected chi connectivity index (χ2v) is 3.84. The molecule has 0 amide bonds. The van der Waals surface area contributed by atoms with Gasteiger partial charge >= 0.3 is 12.1 Å². The van der Waals surface area contributed by atoms with Crippen LogP contribution in [0.3, 0.4) is 0 Å². The summed E-state index contributed by atoms with van der Waals surface area (Å²) in [4.78, 5) is 11.7. The lowest BCUT2D eigenvalue weighted by Crippen LogP contribution is -2.16. The minimum absolute atomic E-state index is 0.0370. The molecule has 0 radical (unpaired) electrons. The first-order valence-electron chi connectivity index (χ1n) is 5.01. The quantitative estimate of drug-likeness (QED) is 0.848. The van der Waals surface area contributed by atoms with Crippen LogP contribution in [0.1, 0.15) is 11.1 Å². The summed E-state index contributed by atoms with van der Waals surface area (Å²) in [5.74, 6) is -1.21. The van der Waals surface area contributed by atoms with Gasteiger partial charge in [0.15, 0.2) is 0 Å². The van der Waals surface area contributed by atoms with Crippen LogP contribution in [0, 0.1) is 0 Å². The predicted molar refractivity (Wildman–Crippen MR) is 62.4 cm³/mol. The molecule has 0 aliphatic rings. The maximum Gasteiger partial charge on any atom is 0.418 e. The Bertz CT molecular complexity index is 479. The van der Waals surface area contributed by atoms with Gasteiger partial charge < -0.3 is 10.0 Å². The lowest BCUT2D eigenvalue weighted by molar-refractivity contribution is -0.137. The van der Waals surface area contributed by atoms with E-state index in [1.54, 1.807) is 0 Å². The number of carbonyl (C=O) groups is 1. The van der Waals surface area contributed by atoms with Gasteiger partial charge in [0.2, 0.25) is 0 Å². The van der Waals surface area contributed by atoms with Gasteiger partial charge in [0.25, 0.3) is 0 Å². The predicted octanol–water partition coefficient (Wildman–Crippen LogP) is 2.87. The van der Waals surface area contributed by atoms with Crippen molar-refractivity contribution in [1.29, 1.82) is 0 Å². The fourth-order valence-electron chi connectivity index (χ4n) is 1.44. The van der Waals surface area contributed by atoms with Gasteiger partial charge in [-0.05, 0) is 23.8 Å². The minimum Gasteiger partial charge on any atom is -0.478 e. The van der Waals surface area contributed by atoms with Gasteiger partial charge in [0.05, 0.1) is 5.56 Å². The van der Waals surface area contributed by atoms with Crippen molar-refractivity contribution in [2.24, 2.45) is 0 Å². The molecule has 0 aliphatic carbocycles. The van der Waals surface area contributed by atoms with E-state index < -0.39 is 17.7 Å². The summed E-state index contributed by atoms with van der Waals surface area (Å²) in [5.41, 5.74) is -0.565. The highest BCUT2D eigenvalue weighted by Gasteiger charge is 2.34. The summed E-state index contributed by atoms with van der Waals surface area (Å²) in [6.45, 7) is 0. The van der Waals surface area contributed by atoms with E-state index in [1.165, 1.54) is 31.1 Å². The fourth-order valence-corrected chi connectivity index (χ4v) is 1.44. The number of anilines is 1. The Kier molecular flexibility index (Phi) is 4.00. The summed E-state index contributed by atoms with van der Waals surface area (Å²) < 4.78 is 38.5. The minimum atomic E-state index is -4.48. The third-order valence-electron chi connectivity index (χ3n) is 2.23. The molecule has 3 nitrogen and oxygen atoms in total. The first-order chi connectivity index (χ1) is 8.21. The number of hydrogen-bond donors (Lipinski definition) is 1. The van der Waals surface area contributed by atoms with E-state index in [0.29, 0.717) is 0 Å². The second kappa shape index (κ2) is 5.12. The molecule has 18 heavy (non-hydrogen) atoms. The average Bonchev–Trinajstić information content (AvgIpc) is 2.24. The highest BCUT2D eigenvalue weighted by molar-refractivity contribution is 5.85. The number of hydrogen-bond acceptors (Lipinski definition) is 2. The molecule has 0 saturated heterocycles. The lowest BCUT2D eigenvalue weighted by atomic mass is 10.1. The van der Waals surface area contributed by atoms with Crippen LogP contribution >= 0.6 is 0 Å². The van der Waals surface area contributed by atoms with Crippen LogP contribution in [0.25, 0.3) is 6.08 Å². The molecule has 0 saturated carbocycles. The normalized spacial score (nSPS) is 11.8. The average molecular weight is 259 g/mol. The monoisotopic (exact) mass is 259 g/mol. The van der Waals surface area contributed by atoms with Crippen LogP contribution < -0.4 is 4.90 Å². The van der Waals surface area contributed by atoms with Crippen molar-refractivity contribution in [3.8, 4) is 0 Å². The molecular formula is C12H12F3NO2. The van der Waals surface area contributed by atoms with Gasteiger partial charge in [-0.25, -0.2) is 4.79 Å². The van der Waals surface area contributed by atoms with Crippen LogP contribution in [0.15, 0.2) is 24.3 Å². The van der Waals surface area contributed by atoms with Crippen LogP contribution in [0.4, 0.5) is 18.9 Å². The summed E-state index contributed by atoms with van der Waals surface area (Å²) in [6.07, 6.45) is -2.56. The first-order valence-corrected chi connectivity index (χ1v) is 5.01. The molecule has 0 fully saturated rings. The molecule has 1 N–H and O–H groups in total. The molecule has 0 aliphatic heterocycles. The summed E-state index contributed by atoms with van der Waals surface area (Å²) in [5, 5.41) is 8.43. The van der Waals surface area contributed by atoms with Crippen LogP contribution in [0.2, 0.25) is 0 Å². The van der Waals surface area contributed by atoms with E-state index in [4.69, 9.17) is 5.11 Å². The Morgan fingerprint density at radius 2 is 1.94 bits per heavy atom. The molecule has 0 bridgehead atoms. The largest absolute Gasteiger partial charge is 0.478 e. The Morgan fingerprint density at radius 1 is 1.33 bits per heavy atom. The van der Waals surface area contributed by atoms with E-state index in [9.17, 15) is 18.0 Å². The SMILES string of the molecule is CN(C)c1ccc(C=CC(=O)O)cc1C(F)(F)F. The maximum atomic E-state index is 12.8. The number of rotatable bonds is 3. The Balaban J connectivity index is 3.26. The number of carboxylic acid groups (broad SMARTS) is 1. The van der Waals surface area contributed by atoms with Gasteiger partial charge in [-0.3, -0.25) is 0 Å². The number of alkyl halides is 3. The second-order valence-electron chi connectivity index (χ2n) is 3.84. The van der Waals surface area contributed by atoms with Crippen molar-refractivity contribution in [2.45, 2.75) is 6.18 Å². The number of aliphatic carboxylic acids is 1. The molecular weight excluding hydrogens is 247 g/mol. The number of carboxylic acids is 1. The summed E-state index contributed by atoms with van der Waals surface area (Å²) >= 11 is 0. The molecule has 98 valence electrons. The summed E-state index contributed by atoms with van der Waals surface area (Å²) in [6, 6.07) is 3.67. The molecule has 0 spiro atoms. The lowest BCUT2D eigenvalue weighted by Gasteiger charge is -2.19. The van der Waals surface area contributed by atoms with Crippen molar-refractivity contribution in [2.75, 3.05) is 19.0 Å². The van der Waals surface area contributed by atoms with Gasteiger partial charge in [-0.2, -0.15) is 13.2 Å². The third-order valence-corrected chi connectivity index (χ3v) is 2.23. The van der Waals surface area contributed by atoms with Gasteiger partial charge in [-0.1, -0.05) is 6.07 Å². The van der Waals surface area contributed by atoms with Crippen molar-refractivity contribution < 1.29 is 23.1 Å². The zero-order chi connectivity index (χ0) is 13.9. The topological polar surface area (TPSA) is 40.5 Å². The van der Waals surface area contributed by atoms with E-state index in [-0.39, 0.29) is 11.3 Å².